The van der Waals surface area contributed by atoms with Crippen LogP contribution in [0.2, 0.25) is 0 Å². The highest BCUT2D eigenvalue weighted by Crippen LogP contribution is 2.63. The third kappa shape index (κ3) is 7.63. The molecule has 2 saturated heterocycles. The Labute approximate surface area is 314 Å². The first-order valence-corrected chi connectivity index (χ1v) is 18.7. The summed E-state index contributed by atoms with van der Waals surface area (Å²) in [7, 11) is 3.82. The van der Waals surface area contributed by atoms with Crippen LogP contribution in [0.25, 0.3) is 0 Å². The Balaban J connectivity index is 1.13. The molecular formula is C37H52N8O9. The number of allylic oxidation sites excluding steroid dienone is 1. The summed E-state index contributed by atoms with van der Waals surface area (Å²) in [6.07, 6.45) is 5.58. The lowest BCUT2D eigenvalue weighted by Crippen LogP contribution is -2.63. The zero-order valence-electron chi connectivity index (χ0n) is 31.1. The van der Waals surface area contributed by atoms with E-state index in [1.54, 1.807) is 12.0 Å². The fourth-order valence-electron chi connectivity index (χ4n) is 9.08. The van der Waals surface area contributed by atoms with E-state index in [1.807, 2.05) is 12.1 Å². The van der Waals surface area contributed by atoms with Crippen molar-refractivity contribution in [1.29, 1.82) is 0 Å². The first-order valence-electron chi connectivity index (χ1n) is 18.7. The number of nitrogens with one attached hydrogen (secondary N) is 3. The van der Waals surface area contributed by atoms with Gasteiger partial charge in [-0.1, -0.05) is 6.07 Å². The van der Waals surface area contributed by atoms with Gasteiger partial charge in [0.2, 0.25) is 17.7 Å². The first kappa shape index (κ1) is 38.7. The Kier molecular flexibility index (Phi) is 11.5. The van der Waals surface area contributed by atoms with Gasteiger partial charge < -0.3 is 56.5 Å². The molecule has 8 N–H and O–H groups in total. The van der Waals surface area contributed by atoms with Gasteiger partial charge in [-0.05, 0) is 95.5 Å². The number of ether oxygens (including phenoxy) is 3. The molecular weight excluding hydrogens is 700 g/mol. The fraction of sp³-hybridized carbons (Fsp3) is 0.622. The Bertz CT molecular complexity index is 1710. The fourth-order valence-corrected chi connectivity index (χ4v) is 9.08. The average molecular weight is 753 g/mol. The van der Waals surface area contributed by atoms with Crippen LogP contribution in [0.4, 0.5) is 4.79 Å². The topological polar surface area (TPSA) is 240 Å². The second-order valence-corrected chi connectivity index (χ2v) is 14.9. The van der Waals surface area contributed by atoms with E-state index >= 15 is 0 Å². The highest BCUT2D eigenvalue weighted by Gasteiger charge is 2.65. The van der Waals surface area contributed by atoms with Crippen LogP contribution >= 0.6 is 0 Å². The molecule has 3 heterocycles. The summed E-state index contributed by atoms with van der Waals surface area (Å²) in [4.78, 5) is 71.4. The number of likely N-dealkylation sites (N-methyl/N-ethyl adjacent to an activating group) is 1. The number of carbonyl (C=O) groups excluding carboxylic acids is 4. The molecule has 3 aliphatic heterocycles. The van der Waals surface area contributed by atoms with Crippen molar-refractivity contribution < 1.29 is 43.3 Å². The van der Waals surface area contributed by atoms with Gasteiger partial charge in [0.15, 0.2) is 23.6 Å². The van der Waals surface area contributed by atoms with Crippen molar-refractivity contribution in [2.24, 2.45) is 22.4 Å². The second-order valence-electron chi connectivity index (χ2n) is 14.9. The van der Waals surface area contributed by atoms with Crippen LogP contribution in [0.1, 0.15) is 69.4 Å². The lowest BCUT2D eigenvalue weighted by molar-refractivity contribution is -0.141. The van der Waals surface area contributed by atoms with E-state index in [4.69, 9.17) is 30.8 Å². The number of aliphatic carboxylic acids is 1. The number of nitrogens with two attached hydrogens (primary N) is 2. The molecule has 7 atom stereocenters. The zero-order valence-corrected chi connectivity index (χ0v) is 31.1. The highest BCUT2D eigenvalue weighted by atomic mass is 16.6. The molecule has 6 rings (SSSR count). The number of piperidine rings is 2. The quantitative estimate of drug-likeness (QED) is 0.0659. The Morgan fingerprint density at radius 3 is 2.67 bits per heavy atom. The summed E-state index contributed by atoms with van der Waals surface area (Å²) < 4.78 is 18.8. The molecule has 1 aromatic carbocycles. The van der Waals surface area contributed by atoms with Gasteiger partial charge in [0.05, 0.1) is 13.2 Å². The minimum atomic E-state index is -1.34. The highest BCUT2D eigenvalue weighted by molar-refractivity contribution is 5.96. The standard InChI is InChI=1S/C37H52N8O9/c1-20(42-28(46)18-29(47)48)33(49)43-24(8-6-14-40-35(38)39)34(50)41-19-22-7-4-5-15-45(22)36(51)53-27-12-10-23-25-17-21-9-11-26(52-3)31-30(21)37(23,32(27)54-31)13-16-44(25)2/h9,11-12,20,22-25,32H,4-8,10,13-19H2,1-3H3,(H,41,50)(H,42,46)(H,43,49)(H,47,48)(H4,38,39,40). The van der Waals surface area contributed by atoms with E-state index in [1.165, 1.54) is 18.1 Å². The van der Waals surface area contributed by atoms with Crippen molar-refractivity contribution in [3.8, 4) is 11.5 Å². The average Bonchev–Trinajstić information content (AvgIpc) is 3.49. The molecule has 54 heavy (non-hydrogen) atoms. The van der Waals surface area contributed by atoms with Crippen molar-refractivity contribution in [3.05, 3.63) is 35.1 Å². The Hall–Kier alpha value is -5.06. The molecule has 0 saturated carbocycles. The van der Waals surface area contributed by atoms with Crippen molar-refractivity contribution in [2.45, 2.75) is 100 Å². The van der Waals surface area contributed by atoms with Gasteiger partial charge in [0.25, 0.3) is 0 Å². The number of carboxylic acid groups (broad SMARTS) is 1. The largest absolute Gasteiger partial charge is 0.493 e. The molecule has 7 unspecified atom stereocenters. The SMILES string of the molecule is COc1ccc2c3c1OC1C(OC(=O)N4CCCCC4CNC(=O)C(CCCN=C(N)N)NC(=O)C(C)NC(=O)CC(=O)O)=CCC4C(C2)N(C)CCC314. The van der Waals surface area contributed by atoms with Crippen molar-refractivity contribution in [3.63, 3.8) is 0 Å². The molecule has 17 heteroatoms. The number of carbonyl (C=O) groups is 5. The van der Waals surface area contributed by atoms with E-state index in [0.29, 0.717) is 42.9 Å². The lowest BCUT2D eigenvalue weighted by Gasteiger charge is -2.56. The van der Waals surface area contributed by atoms with Crippen LogP contribution in [0.15, 0.2) is 29.0 Å². The third-order valence-electron chi connectivity index (χ3n) is 11.7. The number of nitrogens with zero attached hydrogens (tertiary/aromatic N) is 3. The maximum atomic E-state index is 14.0. The molecule has 17 nitrogen and oxygen atoms in total. The molecule has 2 bridgehead atoms. The number of guanidine groups is 1. The number of hydrogen-bond acceptors (Lipinski definition) is 10. The van der Waals surface area contributed by atoms with Crippen molar-refractivity contribution in [1.82, 2.24) is 25.8 Å². The van der Waals surface area contributed by atoms with Gasteiger partial charge in [-0.2, -0.15) is 0 Å². The van der Waals surface area contributed by atoms with Crippen molar-refractivity contribution >= 4 is 35.7 Å². The summed E-state index contributed by atoms with van der Waals surface area (Å²) >= 11 is 0. The second kappa shape index (κ2) is 16.1. The number of aliphatic imine (C=N–C) groups is 1. The zero-order chi connectivity index (χ0) is 38.7. The minimum Gasteiger partial charge on any atom is -0.493 e. The first-order chi connectivity index (χ1) is 25.8. The number of rotatable bonds is 14. The lowest BCUT2D eigenvalue weighted by atomic mass is 9.53. The summed E-state index contributed by atoms with van der Waals surface area (Å²) in [6, 6.07) is 1.96. The van der Waals surface area contributed by atoms with Gasteiger partial charge in [-0.15, -0.1) is 0 Å². The molecule has 0 aromatic heterocycles. The van der Waals surface area contributed by atoms with Crippen LogP contribution in [0, 0.1) is 5.92 Å². The number of methoxy groups -OCH3 is 1. The van der Waals surface area contributed by atoms with Gasteiger partial charge in [0.1, 0.15) is 24.3 Å². The summed E-state index contributed by atoms with van der Waals surface area (Å²) in [5.41, 5.74) is 13.0. The number of benzene rings is 1. The molecule has 1 spiro atoms. The van der Waals surface area contributed by atoms with E-state index in [2.05, 4.69) is 39.0 Å². The molecule has 294 valence electrons. The Morgan fingerprint density at radius 1 is 1.13 bits per heavy atom. The van der Waals surface area contributed by atoms with E-state index in [9.17, 15) is 24.0 Å². The molecule has 1 aromatic rings. The monoisotopic (exact) mass is 752 g/mol. The van der Waals surface area contributed by atoms with Crippen molar-refractivity contribution in [2.75, 3.05) is 40.3 Å². The number of likely N-dealkylation sites (tertiary alicyclic amines) is 2. The predicted octanol–water partition coefficient (Wildman–Crippen LogP) is 0.483. The number of hydrogen-bond donors (Lipinski definition) is 6. The molecule has 0 radical (unpaired) electrons. The number of carboxylic acids is 1. The van der Waals surface area contributed by atoms with Gasteiger partial charge in [-0.25, -0.2) is 4.79 Å². The minimum absolute atomic E-state index is 0.106. The smallest absolute Gasteiger partial charge is 0.415 e. The maximum absolute atomic E-state index is 14.0. The third-order valence-corrected chi connectivity index (χ3v) is 11.7. The van der Waals surface area contributed by atoms with Crippen LogP contribution in [0.5, 0.6) is 11.5 Å². The maximum Gasteiger partial charge on any atom is 0.415 e. The van der Waals surface area contributed by atoms with Crippen LogP contribution in [-0.2, 0) is 35.8 Å². The van der Waals surface area contributed by atoms with Gasteiger partial charge in [-0.3, -0.25) is 24.2 Å². The Morgan fingerprint density at radius 2 is 1.93 bits per heavy atom. The molecule has 5 aliphatic rings. The number of amides is 4. The van der Waals surface area contributed by atoms with Crippen LogP contribution in [-0.4, -0.2) is 121 Å². The van der Waals surface area contributed by atoms with E-state index in [0.717, 1.165) is 44.4 Å². The summed E-state index contributed by atoms with van der Waals surface area (Å²) in [6.45, 7) is 3.07. The predicted molar refractivity (Wildman–Crippen MR) is 196 cm³/mol. The van der Waals surface area contributed by atoms with E-state index < -0.39 is 54.4 Å². The van der Waals surface area contributed by atoms with Crippen LogP contribution < -0.4 is 36.9 Å². The summed E-state index contributed by atoms with van der Waals surface area (Å²) in [5.74, 6) is -1.21. The molecule has 2 aliphatic carbocycles. The van der Waals surface area contributed by atoms with E-state index in [-0.39, 0.29) is 36.9 Å². The normalized spacial score (nSPS) is 26.1. The van der Waals surface area contributed by atoms with Gasteiger partial charge in [0, 0.05) is 36.7 Å². The van der Waals surface area contributed by atoms with Gasteiger partial charge >= 0.3 is 12.1 Å². The van der Waals surface area contributed by atoms with Crippen LogP contribution in [0.3, 0.4) is 0 Å². The summed E-state index contributed by atoms with van der Waals surface area (Å²) in [5, 5.41) is 16.7. The molecule has 2 fully saturated rings. The molecule has 4 amide bonds.